The summed E-state index contributed by atoms with van der Waals surface area (Å²) in [6, 6.07) is 8.10. The number of carbonyl (C=O) groups excluding carboxylic acids is 1. The minimum absolute atomic E-state index is 0.0644. The fourth-order valence-electron chi connectivity index (χ4n) is 2.58. The van der Waals surface area contributed by atoms with Gasteiger partial charge in [-0.05, 0) is 30.9 Å². The first-order valence-electron chi connectivity index (χ1n) is 6.57. The minimum Gasteiger partial charge on any atom is -0.392 e. The molecule has 1 amide bonds. The number of rotatable bonds is 4. The van der Waals surface area contributed by atoms with Crippen molar-refractivity contribution in [3.63, 3.8) is 0 Å². The molecule has 1 aliphatic carbocycles. The van der Waals surface area contributed by atoms with Crippen molar-refractivity contribution in [2.24, 2.45) is 11.1 Å². The largest absolute Gasteiger partial charge is 0.392 e. The minimum atomic E-state index is -0.577. The third-order valence-electron chi connectivity index (χ3n) is 4.10. The Morgan fingerprint density at radius 1 is 1.42 bits per heavy atom. The summed E-state index contributed by atoms with van der Waals surface area (Å²) in [5.74, 6) is 0.0644. The molecule has 0 unspecified atom stereocenters. The van der Waals surface area contributed by atoms with E-state index in [-0.39, 0.29) is 5.91 Å². The van der Waals surface area contributed by atoms with E-state index in [0.29, 0.717) is 11.5 Å². The molecule has 0 atom stereocenters. The molecule has 0 aromatic heterocycles. The first-order valence-corrected chi connectivity index (χ1v) is 6.98. The fraction of sp³-hybridized carbons (Fsp3) is 0.467. The van der Waals surface area contributed by atoms with Crippen LogP contribution in [0.4, 0.5) is 0 Å². The quantitative estimate of drug-likeness (QED) is 0.859. The Morgan fingerprint density at radius 2 is 2.05 bits per heavy atom. The highest BCUT2D eigenvalue weighted by Crippen LogP contribution is 2.42. The van der Waals surface area contributed by atoms with E-state index in [4.69, 9.17) is 18.0 Å². The Labute approximate surface area is 119 Å². The summed E-state index contributed by atoms with van der Waals surface area (Å²) >= 11 is 5.10. The average molecular weight is 276 g/mol. The maximum Gasteiger partial charge on any atom is 0.235 e. The lowest BCUT2D eigenvalue weighted by atomic mass is 9.67. The van der Waals surface area contributed by atoms with Gasteiger partial charge in [-0.25, -0.2) is 0 Å². The molecule has 3 nitrogen and oxygen atoms in total. The van der Waals surface area contributed by atoms with E-state index in [1.165, 1.54) is 5.56 Å². The summed E-state index contributed by atoms with van der Waals surface area (Å²) < 4.78 is 0. The lowest BCUT2D eigenvalue weighted by Gasteiger charge is -2.41. The fourth-order valence-corrected chi connectivity index (χ4v) is 2.87. The van der Waals surface area contributed by atoms with Crippen molar-refractivity contribution >= 4 is 23.1 Å². The van der Waals surface area contributed by atoms with Crippen LogP contribution in [0.15, 0.2) is 24.3 Å². The second-order valence-corrected chi connectivity index (χ2v) is 5.83. The molecule has 2 N–H and O–H groups in total. The lowest BCUT2D eigenvalue weighted by molar-refractivity contribution is -0.141. The normalized spacial score (nSPS) is 16.5. The van der Waals surface area contributed by atoms with Gasteiger partial charge in [0.05, 0.1) is 10.4 Å². The van der Waals surface area contributed by atoms with Crippen LogP contribution in [-0.2, 0) is 11.3 Å². The van der Waals surface area contributed by atoms with Crippen LogP contribution >= 0.6 is 12.2 Å². The highest BCUT2D eigenvalue weighted by atomic mass is 32.1. The molecule has 2 rings (SSSR count). The summed E-state index contributed by atoms with van der Waals surface area (Å²) in [6.07, 6.45) is 2.61. The number of thiocarbonyl (C=S) groups is 1. The summed E-state index contributed by atoms with van der Waals surface area (Å²) in [5.41, 5.74) is 7.56. The lowest BCUT2D eigenvalue weighted by Crippen LogP contribution is -2.53. The van der Waals surface area contributed by atoms with Crippen LogP contribution in [0.5, 0.6) is 0 Å². The molecule has 0 bridgehead atoms. The first-order chi connectivity index (χ1) is 8.97. The highest BCUT2D eigenvalue weighted by Gasteiger charge is 2.48. The maximum absolute atomic E-state index is 12.6. The SMILES string of the molecule is Cc1ccccc1CN(C)C(=O)C1(C(N)=S)CCC1. The van der Waals surface area contributed by atoms with Gasteiger partial charge in [-0.3, -0.25) is 4.79 Å². The van der Waals surface area contributed by atoms with Gasteiger partial charge in [-0.15, -0.1) is 0 Å². The zero-order chi connectivity index (χ0) is 14.0. The second-order valence-electron chi connectivity index (χ2n) is 5.39. The van der Waals surface area contributed by atoms with E-state index in [9.17, 15) is 4.79 Å². The van der Waals surface area contributed by atoms with Crippen LogP contribution in [0, 0.1) is 12.3 Å². The number of nitrogens with two attached hydrogens (primary N) is 1. The number of aryl methyl sites for hydroxylation is 1. The molecule has 4 heteroatoms. The number of hydrogen-bond acceptors (Lipinski definition) is 2. The predicted molar refractivity (Wildman–Crippen MR) is 80.7 cm³/mol. The van der Waals surface area contributed by atoms with Gasteiger partial charge in [0.1, 0.15) is 0 Å². The Hall–Kier alpha value is -1.42. The maximum atomic E-state index is 12.6. The molecule has 19 heavy (non-hydrogen) atoms. The van der Waals surface area contributed by atoms with E-state index in [0.717, 1.165) is 24.8 Å². The molecule has 1 aromatic rings. The topological polar surface area (TPSA) is 46.3 Å². The van der Waals surface area contributed by atoms with Crippen LogP contribution in [0.25, 0.3) is 0 Å². The predicted octanol–water partition coefficient (Wildman–Crippen LogP) is 2.41. The van der Waals surface area contributed by atoms with Crippen molar-refractivity contribution in [3.05, 3.63) is 35.4 Å². The van der Waals surface area contributed by atoms with Gasteiger partial charge in [0, 0.05) is 13.6 Å². The van der Waals surface area contributed by atoms with Gasteiger partial charge in [0.2, 0.25) is 5.91 Å². The van der Waals surface area contributed by atoms with E-state index in [2.05, 4.69) is 13.0 Å². The zero-order valence-corrected chi connectivity index (χ0v) is 12.3. The first kappa shape index (κ1) is 14.0. The molecule has 1 aromatic carbocycles. The Balaban J connectivity index is 2.12. The van der Waals surface area contributed by atoms with Crippen LogP contribution in [0.1, 0.15) is 30.4 Å². The molecule has 102 valence electrons. The van der Waals surface area contributed by atoms with E-state index >= 15 is 0 Å². The molecule has 1 aliphatic rings. The molecule has 0 heterocycles. The van der Waals surface area contributed by atoms with Crippen LogP contribution < -0.4 is 5.73 Å². The highest BCUT2D eigenvalue weighted by molar-refractivity contribution is 7.80. The van der Waals surface area contributed by atoms with E-state index in [1.807, 2.05) is 25.2 Å². The third kappa shape index (κ3) is 2.50. The van der Waals surface area contributed by atoms with Crippen LogP contribution in [-0.4, -0.2) is 22.8 Å². The second kappa shape index (κ2) is 5.29. The van der Waals surface area contributed by atoms with E-state index in [1.54, 1.807) is 4.90 Å². The molecule has 0 aliphatic heterocycles. The van der Waals surface area contributed by atoms with Crippen molar-refractivity contribution in [2.75, 3.05) is 7.05 Å². The monoisotopic (exact) mass is 276 g/mol. The average Bonchev–Trinajstić information content (AvgIpc) is 2.30. The zero-order valence-electron chi connectivity index (χ0n) is 11.5. The number of hydrogen-bond donors (Lipinski definition) is 1. The van der Waals surface area contributed by atoms with Gasteiger partial charge in [0.15, 0.2) is 0 Å². The molecule has 0 saturated heterocycles. The third-order valence-corrected chi connectivity index (χ3v) is 4.49. The molecular formula is C15H20N2OS. The molecule has 0 spiro atoms. The van der Waals surface area contributed by atoms with Crippen molar-refractivity contribution < 1.29 is 4.79 Å². The van der Waals surface area contributed by atoms with Gasteiger partial charge >= 0.3 is 0 Å². The summed E-state index contributed by atoms with van der Waals surface area (Å²) in [4.78, 5) is 14.7. The van der Waals surface area contributed by atoms with Gasteiger partial charge in [0.25, 0.3) is 0 Å². The molecular weight excluding hydrogens is 256 g/mol. The number of amides is 1. The van der Waals surface area contributed by atoms with Crippen molar-refractivity contribution in [1.29, 1.82) is 0 Å². The number of carbonyl (C=O) groups is 1. The Kier molecular flexibility index (Phi) is 3.90. The van der Waals surface area contributed by atoms with Gasteiger partial charge in [-0.2, -0.15) is 0 Å². The summed E-state index contributed by atoms with van der Waals surface area (Å²) in [7, 11) is 1.83. The van der Waals surface area contributed by atoms with Gasteiger partial charge in [-0.1, -0.05) is 42.9 Å². The molecule has 1 saturated carbocycles. The number of benzene rings is 1. The smallest absolute Gasteiger partial charge is 0.235 e. The van der Waals surface area contributed by atoms with Crippen LogP contribution in [0.2, 0.25) is 0 Å². The van der Waals surface area contributed by atoms with Crippen molar-refractivity contribution in [2.45, 2.75) is 32.7 Å². The summed E-state index contributed by atoms with van der Waals surface area (Å²) in [5, 5.41) is 0. The van der Waals surface area contributed by atoms with Crippen molar-refractivity contribution in [3.8, 4) is 0 Å². The number of nitrogens with zero attached hydrogens (tertiary/aromatic N) is 1. The molecule has 0 radical (unpaired) electrons. The summed E-state index contributed by atoms with van der Waals surface area (Å²) in [6.45, 7) is 2.66. The standard InChI is InChI=1S/C15H20N2OS/c1-11-6-3-4-7-12(11)10-17(2)14(18)15(13(16)19)8-5-9-15/h3-4,6-7H,5,8-10H2,1-2H3,(H2,16,19). The van der Waals surface area contributed by atoms with Crippen LogP contribution in [0.3, 0.4) is 0 Å². The van der Waals surface area contributed by atoms with Crippen molar-refractivity contribution in [1.82, 2.24) is 4.90 Å². The van der Waals surface area contributed by atoms with Gasteiger partial charge < -0.3 is 10.6 Å². The Morgan fingerprint density at radius 3 is 2.53 bits per heavy atom. The molecule has 1 fully saturated rings. The Bertz CT molecular complexity index is 509. The van der Waals surface area contributed by atoms with E-state index < -0.39 is 5.41 Å².